The first kappa shape index (κ1) is 11.6. The van der Waals surface area contributed by atoms with E-state index >= 15 is 0 Å². The Balaban J connectivity index is 2.77. The molecule has 0 aromatic heterocycles. The number of nitrogens with one attached hydrogen (secondary N) is 1. The molecule has 0 aliphatic heterocycles. The SMILES string of the molecule is O=C(O)CNC(=O)c1cc(F)cc(Br)c1. The number of carbonyl (C=O) groups is 2. The Morgan fingerprint density at radius 1 is 1.40 bits per heavy atom. The maximum Gasteiger partial charge on any atom is 0.322 e. The maximum atomic E-state index is 12.9. The molecule has 1 aromatic carbocycles. The highest BCUT2D eigenvalue weighted by Crippen LogP contribution is 2.14. The van der Waals surface area contributed by atoms with Crippen LogP contribution in [0.1, 0.15) is 10.4 Å². The average molecular weight is 276 g/mol. The molecule has 0 fully saturated rings. The number of carboxylic acid groups (broad SMARTS) is 1. The van der Waals surface area contributed by atoms with Gasteiger partial charge in [-0.2, -0.15) is 0 Å². The summed E-state index contributed by atoms with van der Waals surface area (Å²) >= 11 is 3.02. The van der Waals surface area contributed by atoms with Gasteiger partial charge >= 0.3 is 5.97 Å². The van der Waals surface area contributed by atoms with Crippen LogP contribution in [-0.2, 0) is 4.79 Å². The topological polar surface area (TPSA) is 66.4 Å². The summed E-state index contributed by atoms with van der Waals surface area (Å²) in [5, 5.41) is 10.4. The van der Waals surface area contributed by atoms with Gasteiger partial charge in [0.05, 0.1) is 0 Å². The molecule has 0 radical (unpaired) electrons. The van der Waals surface area contributed by atoms with Crippen LogP contribution in [0.5, 0.6) is 0 Å². The van der Waals surface area contributed by atoms with Crippen LogP contribution in [0.4, 0.5) is 4.39 Å². The van der Waals surface area contributed by atoms with Gasteiger partial charge in [-0.3, -0.25) is 9.59 Å². The first-order chi connectivity index (χ1) is 6.99. The summed E-state index contributed by atoms with van der Waals surface area (Å²) in [5.41, 5.74) is 0.0723. The van der Waals surface area contributed by atoms with Gasteiger partial charge in [-0.25, -0.2) is 4.39 Å². The van der Waals surface area contributed by atoms with Gasteiger partial charge in [0.15, 0.2) is 0 Å². The van der Waals surface area contributed by atoms with Crippen molar-refractivity contribution in [2.75, 3.05) is 6.54 Å². The molecule has 0 unspecified atom stereocenters. The minimum Gasteiger partial charge on any atom is -0.480 e. The number of hydrogen-bond acceptors (Lipinski definition) is 2. The van der Waals surface area contributed by atoms with Crippen molar-refractivity contribution in [1.82, 2.24) is 5.32 Å². The van der Waals surface area contributed by atoms with Gasteiger partial charge in [0.2, 0.25) is 0 Å². The van der Waals surface area contributed by atoms with E-state index in [1.807, 2.05) is 0 Å². The van der Waals surface area contributed by atoms with E-state index in [9.17, 15) is 14.0 Å². The molecule has 1 amide bonds. The molecule has 0 bridgehead atoms. The molecular weight excluding hydrogens is 269 g/mol. The van der Waals surface area contributed by atoms with Crippen molar-refractivity contribution in [1.29, 1.82) is 0 Å². The van der Waals surface area contributed by atoms with Crippen molar-refractivity contribution in [3.05, 3.63) is 34.1 Å². The lowest BCUT2D eigenvalue weighted by molar-refractivity contribution is -0.135. The third-order valence-electron chi connectivity index (χ3n) is 1.52. The number of halogens is 2. The van der Waals surface area contributed by atoms with E-state index in [1.165, 1.54) is 12.1 Å². The van der Waals surface area contributed by atoms with Crippen LogP contribution in [0.2, 0.25) is 0 Å². The van der Waals surface area contributed by atoms with Crippen LogP contribution < -0.4 is 5.32 Å². The predicted octanol–water partition coefficient (Wildman–Crippen LogP) is 1.40. The Bertz CT molecular complexity index is 388. The van der Waals surface area contributed by atoms with Crippen LogP contribution in [-0.4, -0.2) is 23.5 Å². The van der Waals surface area contributed by atoms with Gasteiger partial charge in [-0.05, 0) is 18.2 Å². The molecule has 0 saturated carbocycles. The Labute approximate surface area is 93.2 Å². The number of carboxylic acids is 1. The summed E-state index contributed by atoms with van der Waals surface area (Å²) in [5.74, 6) is -2.35. The van der Waals surface area contributed by atoms with Gasteiger partial charge in [-0.15, -0.1) is 0 Å². The Hall–Kier alpha value is -1.43. The molecule has 15 heavy (non-hydrogen) atoms. The molecule has 6 heteroatoms. The minimum atomic E-state index is -1.15. The van der Waals surface area contributed by atoms with Gasteiger partial charge in [0.1, 0.15) is 12.4 Å². The second kappa shape index (κ2) is 4.88. The quantitative estimate of drug-likeness (QED) is 0.877. The zero-order valence-electron chi connectivity index (χ0n) is 7.46. The molecule has 2 N–H and O–H groups in total. The van der Waals surface area contributed by atoms with Gasteiger partial charge in [0, 0.05) is 10.0 Å². The lowest BCUT2D eigenvalue weighted by Gasteiger charge is -2.02. The fourth-order valence-corrected chi connectivity index (χ4v) is 1.41. The summed E-state index contributed by atoms with van der Waals surface area (Å²) in [7, 11) is 0. The third-order valence-corrected chi connectivity index (χ3v) is 1.98. The summed E-state index contributed by atoms with van der Waals surface area (Å²) < 4.78 is 13.3. The van der Waals surface area contributed by atoms with Crippen molar-refractivity contribution in [3.8, 4) is 0 Å². The molecule has 80 valence electrons. The van der Waals surface area contributed by atoms with Crippen LogP contribution in [0.25, 0.3) is 0 Å². The van der Waals surface area contributed by atoms with Crippen LogP contribution in [0.15, 0.2) is 22.7 Å². The average Bonchev–Trinajstić information content (AvgIpc) is 2.12. The van der Waals surface area contributed by atoms with Crippen molar-refractivity contribution in [2.24, 2.45) is 0 Å². The maximum absolute atomic E-state index is 12.9. The Kier molecular flexibility index (Phi) is 3.79. The Morgan fingerprint density at radius 2 is 2.07 bits per heavy atom. The summed E-state index contributed by atoms with van der Waals surface area (Å²) in [6.07, 6.45) is 0. The molecule has 1 aromatic rings. The smallest absolute Gasteiger partial charge is 0.322 e. The van der Waals surface area contributed by atoms with Crippen LogP contribution >= 0.6 is 15.9 Å². The molecule has 0 atom stereocenters. The standard InChI is InChI=1S/C9H7BrFNO3/c10-6-1-5(2-7(11)3-6)9(15)12-4-8(13)14/h1-3H,4H2,(H,12,15)(H,13,14). The van der Waals surface area contributed by atoms with Crippen molar-refractivity contribution < 1.29 is 19.1 Å². The molecule has 0 aliphatic rings. The number of carbonyl (C=O) groups excluding carboxylic acids is 1. The van der Waals surface area contributed by atoms with E-state index < -0.39 is 24.2 Å². The van der Waals surface area contributed by atoms with Gasteiger partial charge in [-0.1, -0.05) is 15.9 Å². The first-order valence-electron chi connectivity index (χ1n) is 3.95. The lowest BCUT2D eigenvalue weighted by atomic mass is 10.2. The van der Waals surface area contributed by atoms with Crippen molar-refractivity contribution >= 4 is 27.8 Å². The lowest BCUT2D eigenvalue weighted by Crippen LogP contribution is -2.29. The van der Waals surface area contributed by atoms with E-state index in [4.69, 9.17) is 5.11 Å². The Morgan fingerprint density at radius 3 is 2.60 bits per heavy atom. The zero-order chi connectivity index (χ0) is 11.4. The van der Waals surface area contributed by atoms with E-state index in [0.717, 1.165) is 6.07 Å². The molecule has 1 rings (SSSR count). The van der Waals surface area contributed by atoms with E-state index in [2.05, 4.69) is 21.2 Å². The van der Waals surface area contributed by atoms with Crippen molar-refractivity contribution in [3.63, 3.8) is 0 Å². The van der Waals surface area contributed by atoms with Crippen LogP contribution in [0.3, 0.4) is 0 Å². The largest absolute Gasteiger partial charge is 0.480 e. The monoisotopic (exact) mass is 275 g/mol. The number of hydrogen-bond donors (Lipinski definition) is 2. The number of aliphatic carboxylic acids is 1. The summed E-state index contributed by atoms with van der Waals surface area (Å²) in [6.45, 7) is -0.493. The molecule has 4 nitrogen and oxygen atoms in total. The van der Waals surface area contributed by atoms with Crippen molar-refractivity contribution in [2.45, 2.75) is 0 Å². The van der Waals surface area contributed by atoms with E-state index in [0.29, 0.717) is 4.47 Å². The zero-order valence-corrected chi connectivity index (χ0v) is 9.04. The number of rotatable bonds is 3. The molecule has 0 spiro atoms. The number of benzene rings is 1. The summed E-state index contributed by atoms with van der Waals surface area (Å²) in [6, 6.07) is 3.64. The highest BCUT2D eigenvalue weighted by Gasteiger charge is 2.09. The van der Waals surface area contributed by atoms with E-state index in [-0.39, 0.29) is 5.56 Å². The third kappa shape index (κ3) is 3.67. The first-order valence-corrected chi connectivity index (χ1v) is 4.74. The highest BCUT2D eigenvalue weighted by atomic mass is 79.9. The fourth-order valence-electron chi connectivity index (χ4n) is 0.943. The van der Waals surface area contributed by atoms with Gasteiger partial charge in [0.25, 0.3) is 5.91 Å². The fraction of sp³-hybridized carbons (Fsp3) is 0.111. The second-order valence-corrected chi connectivity index (χ2v) is 3.65. The highest BCUT2D eigenvalue weighted by molar-refractivity contribution is 9.10. The van der Waals surface area contributed by atoms with E-state index in [1.54, 1.807) is 0 Å². The molecule has 0 heterocycles. The van der Waals surface area contributed by atoms with Crippen LogP contribution in [0, 0.1) is 5.82 Å². The molecule has 0 aliphatic carbocycles. The second-order valence-electron chi connectivity index (χ2n) is 2.73. The summed E-state index contributed by atoms with van der Waals surface area (Å²) in [4.78, 5) is 21.5. The predicted molar refractivity (Wildman–Crippen MR) is 54.1 cm³/mol. The number of amides is 1. The molecular formula is C9H7BrFNO3. The van der Waals surface area contributed by atoms with Gasteiger partial charge < -0.3 is 10.4 Å². The minimum absolute atomic E-state index is 0.0723. The normalized spacial score (nSPS) is 9.73. The molecule has 0 saturated heterocycles.